The van der Waals surface area contributed by atoms with Crippen molar-refractivity contribution in [3.63, 3.8) is 0 Å². The monoisotopic (exact) mass is 296 g/mol. The Morgan fingerprint density at radius 3 is 2.70 bits per heavy atom. The molecule has 0 atom stereocenters. The van der Waals surface area contributed by atoms with E-state index in [0.29, 0.717) is 10.7 Å². The van der Waals surface area contributed by atoms with Gasteiger partial charge in [0.05, 0.1) is 16.8 Å². The Morgan fingerprint density at radius 1 is 1.40 bits per heavy atom. The van der Waals surface area contributed by atoms with Gasteiger partial charge < -0.3 is 15.0 Å². The average Bonchev–Trinajstić information content (AvgIpc) is 2.89. The lowest BCUT2D eigenvalue weighted by molar-refractivity contribution is -0.122. The molecule has 0 spiro atoms. The fraction of sp³-hybridized carbons (Fsp3) is 0.533. The van der Waals surface area contributed by atoms with Crippen molar-refractivity contribution in [1.82, 2.24) is 0 Å². The van der Waals surface area contributed by atoms with Crippen molar-refractivity contribution in [1.29, 1.82) is 0 Å². The summed E-state index contributed by atoms with van der Waals surface area (Å²) in [7, 11) is 3.85. The molecule has 20 heavy (non-hydrogen) atoms. The molecule has 1 saturated carbocycles. The molecule has 1 N–H and O–H groups in total. The van der Waals surface area contributed by atoms with Crippen molar-refractivity contribution < 1.29 is 9.53 Å². The summed E-state index contributed by atoms with van der Waals surface area (Å²) in [6, 6.07) is 5.48. The van der Waals surface area contributed by atoms with Crippen molar-refractivity contribution in [2.75, 3.05) is 30.9 Å². The standard InChI is InChI=1S/C15H21ClN2O2/c1-18(2)14-8-7-11(9-13(14)16)17-15(19)10-20-12-5-3-4-6-12/h7-9,12H,3-6,10H2,1-2H3,(H,17,19). The zero-order valence-corrected chi connectivity index (χ0v) is 12.7. The van der Waals surface area contributed by atoms with Gasteiger partial charge in [-0.05, 0) is 31.0 Å². The van der Waals surface area contributed by atoms with Crippen LogP contribution in [0.25, 0.3) is 0 Å². The summed E-state index contributed by atoms with van der Waals surface area (Å²) in [5.74, 6) is -0.134. The molecule has 0 aromatic heterocycles. The van der Waals surface area contributed by atoms with Gasteiger partial charge in [0.2, 0.25) is 5.91 Å². The van der Waals surface area contributed by atoms with Crippen LogP contribution in [0.4, 0.5) is 11.4 Å². The first-order valence-electron chi connectivity index (χ1n) is 6.94. The van der Waals surface area contributed by atoms with Crippen LogP contribution in [0.1, 0.15) is 25.7 Å². The van der Waals surface area contributed by atoms with E-state index in [1.165, 1.54) is 12.8 Å². The van der Waals surface area contributed by atoms with Crippen LogP contribution in [0, 0.1) is 0 Å². The smallest absolute Gasteiger partial charge is 0.250 e. The van der Waals surface area contributed by atoms with Crippen molar-refractivity contribution in [2.24, 2.45) is 0 Å². The maximum Gasteiger partial charge on any atom is 0.250 e. The predicted molar refractivity (Wildman–Crippen MR) is 82.6 cm³/mol. The van der Waals surface area contributed by atoms with Gasteiger partial charge in [0, 0.05) is 19.8 Å². The second kappa shape index (κ2) is 6.95. The number of ether oxygens (including phenoxy) is 1. The van der Waals surface area contributed by atoms with Gasteiger partial charge in [0.1, 0.15) is 6.61 Å². The largest absolute Gasteiger partial charge is 0.376 e. The molecule has 2 rings (SSSR count). The number of hydrogen-bond donors (Lipinski definition) is 1. The minimum Gasteiger partial charge on any atom is -0.376 e. The highest BCUT2D eigenvalue weighted by Crippen LogP contribution is 2.27. The molecule has 0 bridgehead atoms. The molecule has 1 fully saturated rings. The Morgan fingerprint density at radius 2 is 2.10 bits per heavy atom. The van der Waals surface area contributed by atoms with E-state index < -0.39 is 0 Å². The number of benzene rings is 1. The highest BCUT2D eigenvalue weighted by atomic mass is 35.5. The van der Waals surface area contributed by atoms with E-state index in [1.54, 1.807) is 6.07 Å². The highest BCUT2D eigenvalue weighted by molar-refractivity contribution is 6.33. The van der Waals surface area contributed by atoms with Crippen molar-refractivity contribution >= 4 is 28.9 Å². The van der Waals surface area contributed by atoms with E-state index in [4.69, 9.17) is 16.3 Å². The normalized spacial score (nSPS) is 15.3. The SMILES string of the molecule is CN(C)c1ccc(NC(=O)COC2CCCC2)cc1Cl. The van der Waals surface area contributed by atoms with E-state index in [0.717, 1.165) is 18.5 Å². The molecule has 1 aliphatic carbocycles. The van der Waals surface area contributed by atoms with Gasteiger partial charge in [-0.25, -0.2) is 0 Å². The van der Waals surface area contributed by atoms with Gasteiger partial charge in [0.25, 0.3) is 0 Å². The summed E-state index contributed by atoms with van der Waals surface area (Å²) >= 11 is 6.16. The van der Waals surface area contributed by atoms with Crippen LogP contribution in [0.15, 0.2) is 18.2 Å². The molecule has 1 aromatic carbocycles. The van der Waals surface area contributed by atoms with Gasteiger partial charge in [-0.15, -0.1) is 0 Å². The first kappa shape index (κ1) is 15.1. The number of halogens is 1. The topological polar surface area (TPSA) is 41.6 Å². The number of anilines is 2. The summed E-state index contributed by atoms with van der Waals surface area (Å²) in [5, 5.41) is 3.42. The molecule has 110 valence electrons. The third-order valence-corrected chi connectivity index (χ3v) is 3.77. The minimum absolute atomic E-state index is 0.109. The van der Waals surface area contributed by atoms with Gasteiger partial charge >= 0.3 is 0 Å². The fourth-order valence-corrected chi connectivity index (χ4v) is 2.74. The Hall–Kier alpha value is -1.26. The molecular weight excluding hydrogens is 276 g/mol. The lowest BCUT2D eigenvalue weighted by atomic mass is 10.2. The van der Waals surface area contributed by atoms with Crippen molar-refractivity contribution in [3.8, 4) is 0 Å². The fourth-order valence-electron chi connectivity index (χ4n) is 2.39. The molecule has 1 aromatic rings. The molecule has 0 heterocycles. The number of hydrogen-bond acceptors (Lipinski definition) is 3. The molecule has 4 nitrogen and oxygen atoms in total. The maximum atomic E-state index is 11.8. The first-order chi connectivity index (χ1) is 9.56. The van der Waals surface area contributed by atoms with E-state index in [9.17, 15) is 4.79 Å². The van der Waals surface area contributed by atoms with E-state index in [2.05, 4.69) is 5.32 Å². The van der Waals surface area contributed by atoms with E-state index in [1.807, 2.05) is 31.1 Å². The molecule has 0 radical (unpaired) electrons. The lowest BCUT2D eigenvalue weighted by Gasteiger charge is -2.16. The predicted octanol–water partition coefficient (Wildman–Crippen LogP) is 3.30. The number of nitrogens with zero attached hydrogens (tertiary/aromatic N) is 1. The summed E-state index contributed by atoms with van der Waals surface area (Å²) in [6.07, 6.45) is 4.79. The Balaban J connectivity index is 1.85. The first-order valence-corrected chi connectivity index (χ1v) is 7.32. The average molecular weight is 297 g/mol. The molecule has 5 heteroatoms. The van der Waals surface area contributed by atoms with Crippen LogP contribution in [0.5, 0.6) is 0 Å². The lowest BCUT2D eigenvalue weighted by Crippen LogP contribution is -2.22. The number of amides is 1. The van der Waals surface area contributed by atoms with Gasteiger partial charge in [-0.2, -0.15) is 0 Å². The molecule has 0 saturated heterocycles. The summed E-state index contributed by atoms with van der Waals surface area (Å²) in [4.78, 5) is 13.7. The van der Waals surface area contributed by atoms with Crippen LogP contribution < -0.4 is 10.2 Å². The number of rotatable bonds is 5. The quantitative estimate of drug-likeness (QED) is 0.906. The van der Waals surface area contributed by atoms with E-state index in [-0.39, 0.29) is 18.6 Å². The highest BCUT2D eigenvalue weighted by Gasteiger charge is 2.16. The van der Waals surface area contributed by atoms with Gasteiger partial charge in [-0.3, -0.25) is 4.79 Å². The third kappa shape index (κ3) is 4.12. The summed E-state index contributed by atoms with van der Waals surface area (Å²) in [6.45, 7) is 0.109. The molecule has 1 aliphatic rings. The number of nitrogens with one attached hydrogen (secondary N) is 1. The zero-order chi connectivity index (χ0) is 14.5. The van der Waals surface area contributed by atoms with Crippen LogP contribution in [-0.2, 0) is 9.53 Å². The van der Waals surface area contributed by atoms with Crippen molar-refractivity contribution in [3.05, 3.63) is 23.2 Å². The van der Waals surface area contributed by atoms with Crippen LogP contribution in [-0.4, -0.2) is 32.7 Å². The van der Waals surface area contributed by atoms with Gasteiger partial charge in [-0.1, -0.05) is 24.4 Å². The molecule has 0 aliphatic heterocycles. The molecule has 1 amide bonds. The van der Waals surface area contributed by atoms with Crippen LogP contribution >= 0.6 is 11.6 Å². The van der Waals surface area contributed by atoms with Crippen molar-refractivity contribution in [2.45, 2.75) is 31.8 Å². The Labute approximate surface area is 125 Å². The third-order valence-electron chi connectivity index (χ3n) is 3.47. The summed E-state index contributed by atoms with van der Waals surface area (Å²) in [5.41, 5.74) is 1.62. The second-order valence-corrected chi connectivity index (χ2v) is 5.73. The Bertz CT molecular complexity index is 471. The summed E-state index contributed by atoms with van der Waals surface area (Å²) < 4.78 is 5.58. The zero-order valence-electron chi connectivity index (χ0n) is 12.0. The maximum absolute atomic E-state index is 11.8. The molecular formula is C15H21ClN2O2. The van der Waals surface area contributed by atoms with Gasteiger partial charge in [0.15, 0.2) is 0 Å². The number of carbonyl (C=O) groups excluding carboxylic acids is 1. The van der Waals surface area contributed by atoms with Crippen LogP contribution in [0.3, 0.4) is 0 Å². The van der Waals surface area contributed by atoms with E-state index >= 15 is 0 Å². The van der Waals surface area contributed by atoms with Crippen LogP contribution in [0.2, 0.25) is 5.02 Å². The number of carbonyl (C=O) groups is 1. The molecule has 0 unspecified atom stereocenters. The minimum atomic E-state index is -0.134. The second-order valence-electron chi connectivity index (χ2n) is 5.33. The Kier molecular flexibility index (Phi) is 5.26.